The number of carbonyl (C=O) groups is 2. The summed E-state index contributed by atoms with van der Waals surface area (Å²) in [6.45, 7) is 9.24. The van der Waals surface area contributed by atoms with E-state index in [0.717, 1.165) is 0 Å². The van der Waals surface area contributed by atoms with E-state index in [-0.39, 0.29) is 30.4 Å². The highest BCUT2D eigenvalue weighted by Crippen LogP contribution is 2.26. The Balaban J connectivity index is 2.39. The predicted octanol–water partition coefficient (Wildman–Crippen LogP) is 3.70. The molecule has 1 aromatic carbocycles. The van der Waals surface area contributed by atoms with Crippen molar-refractivity contribution in [2.24, 2.45) is 9.98 Å². The lowest BCUT2D eigenvalue weighted by atomic mass is 10.2. The summed E-state index contributed by atoms with van der Waals surface area (Å²) < 4.78 is 5.26. The molecule has 2 rings (SSSR count). The Morgan fingerprint density at radius 3 is 2.54 bits per heavy atom. The van der Waals surface area contributed by atoms with Crippen LogP contribution in [0.1, 0.15) is 34.6 Å². The number of carbonyl (C=O) groups excluding carboxylic acids is 2. The number of rotatable bonds is 2. The van der Waals surface area contributed by atoms with Crippen LogP contribution in [0.5, 0.6) is 0 Å². The van der Waals surface area contributed by atoms with E-state index >= 15 is 0 Å². The van der Waals surface area contributed by atoms with E-state index in [0.29, 0.717) is 15.7 Å². The molecule has 28 heavy (non-hydrogen) atoms. The van der Waals surface area contributed by atoms with Crippen molar-refractivity contribution in [1.82, 2.24) is 15.5 Å². The quantitative estimate of drug-likeness (QED) is 0.555. The van der Waals surface area contributed by atoms with Crippen LogP contribution in [-0.2, 0) is 9.53 Å². The SMILES string of the molecule is CC(C)N1CC(=O)N/C1=N/C(=Nc1ccc(Cl)c(Cl)c1)NC(=O)OC(C)(C)C. The molecule has 0 saturated carbocycles. The van der Waals surface area contributed by atoms with Gasteiger partial charge < -0.3 is 9.64 Å². The molecule has 0 spiro atoms. The molecule has 1 fully saturated rings. The first-order chi connectivity index (χ1) is 12.9. The van der Waals surface area contributed by atoms with E-state index in [9.17, 15) is 9.59 Å². The number of guanidine groups is 2. The molecule has 2 N–H and O–H groups in total. The number of hydrogen-bond donors (Lipinski definition) is 2. The smallest absolute Gasteiger partial charge is 0.414 e. The molecule has 152 valence electrons. The standard InChI is InChI=1S/C18H23Cl2N5O3/c1-10(2)25-9-14(26)22-16(25)23-15(24-17(27)28-18(3,4)5)21-11-6-7-12(19)13(20)8-11/h6-8,10H,9H2,1-5H3,(H2,21,22,23,24,26,27). The largest absolute Gasteiger partial charge is 0.444 e. The van der Waals surface area contributed by atoms with Crippen LogP contribution < -0.4 is 10.6 Å². The fourth-order valence-electron chi connectivity index (χ4n) is 2.24. The molecule has 1 saturated heterocycles. The second-order valence-electron chi connectivity index (χ2n) is 7.37. The number of halogens is 2. The summed E-state index contributed by atoms with van der Waals surface area (Å²) in [5, 5.41) is 5.85. The van der Waals surface area contributed by atoms with Crippen molar-refractivity contribution >= 4 is 52.8 Å². The Morgan fingerprint density at radius 1 is 1.29 bits per heavy atom. The molecule has 2 amide bonds. The fraction of sp³-hybridized carbons (Fsp3) is 0.444. The third-order valence-electron chi connectivity index (χ3n) is 3.42. The van der Waals surface area contributed by atoms with Crippen molar-refractivity contribution in [3.63, 3.8) is 0 Å². The fourth-order valence-corrected chi connectivity index (χ4v) is 2.53. The van der Waals surface area contributed by atoms with Gasteiger partial charge in [0.2, 0.25) is 17.8 Å². The zero-order chi connectivity index (χ0) is 21.1. The third kappa shape index (κ3) is 6.38. The van der Waals surface area contributed by atoms with Crippen LogP contribution in [0.3, 0.4) is 0 Å². The lowest BCUT2D eigenvalue weighted by molar-refractivity contribution is -0.118. The second-order valence-corrected chi connectivity index (χ2v) is 8.18. The molecular formula is C18H23Cl2N5O3. The van der Waals surface area contributed by atoms with Crippen LogP contribution in [0.2, 0.25) is 10.0 Å². The number of alkyl carbamates (subject to hydrolysis) is 1. The molecule has 0 bridgehead atoms. The van der Waals surface area contributed by atoms with Crippen LogP contribution in [0, 0.1) is 0 Å². The summed E-state index contributed by atoms with van der Waals surface area (Å²) >= 11 is 12.0. The molecular weight excluding hydrogens is 405 g/mol. The third-order valence-corrected chi connectivity index (χ3v) is 4.16. The zero-order valence-corrected chi connectivity index (χ0v) is 17.9. The van der Waals surface area contributed by atoms with Gasteiger partial charge in [0, 0.05) is 6.04 Å². The van der Waals surface area contributed by atoms with Gasteiger partial charge in [0.05, 0.1) is 15.7 Å². The van der Waals surface area contributed by atoms with Gasteiger partial charge in [-0.15, -0.1) is 0 Å². The normalized spacial score (nSPS) is 16.6. The Hall–Kier alpha value is -2.32. The lowest BCUT2D eigenvalue weighted by Crippen LogP contribution is -2.40. The topological polar surface area (TPSA) is 95.4 Å². The first-order valence-corrected chi connectivity index (χ1v) is 9.39. The van der Waals surface area contributed by atoms with Gasteiger partial charge in [0.25, 0.3) is 0 Å². The number of benzene rings is 1. The summed E-state index contributed by atoms with van der Waals surface area (Å²) in [7, 11) is 0. The van der Waals surface area contributed by atoms with Crippen molar-refractivity contribution < 1.29 is 14.3 Å². The highest BCUT2D eigenvalue weighted by Gasteiger charge is 2.28. The van der Waals surface area contributed by atoms with E-state index in [1.54, 1.807) is 37.8 Å². The average molecular weight is 428 g/mol. The molecule has 0 atom stereocenters. The average Bonchev–Trinajstić information content (AvgIpc) is 2.89. The van der Waals surface area contributed by atoms with Crippen LogP contribution in [0.4, 0.5) is 10.5 Å². The molecule has 10 heteroatoms. The maximum Gasteiger partial charge on any atom is 0.414 e. The van der Waals surface area contributed by atoms with Gasteiger partial charge in [0.15, 0.2) is 0 Å². The van der Waals surface area contributed by atoms with Gasteiger partial charge in [-0.3, -0.25) is 15.4 Å². The van der Waals surface area contributed by atoms with Gasteiger partial charge in [0.1, 0.15) is 12.1 Å². The number of ether oxygens (including phenoxy) is 1. The predicted molar refractivity (Wildman–Crippen MR) is 110 cm³/mol. The van der Waals surface area contributed by atoms with E-state index in [4.69, 9.17) is 27.9 Å². The molecule has 1 aliphatic rings. The minimum atomic E-state index is -0.726. The maximum atomic E-state index is 12.2. The number of amides is 2. The highest BCUT2D eigenvalue weighted by atomic mass is 35.5. The summed E-state index contributed by atoms with van der Waals surface area (Å²) in [6, 6.07) is 4.76. The summed E-state index contributed by atoms with van der Waals surface area (Å²) in [6.07, 6.45) is -0.726. The molecule has 0 radical (unpaired) electrons. The second kappa shape index (κ2) is 8.79. The van der Waals surface area contributed by atoms with Gasteiger partial charge in [-0.1, -0.05) is 23.2 Å². The molecule has 0 aliphatic carbocycles. The monoisotopic (exact) mass is 427 g/mol. The van der Waals surface area contributed by atoms with Crippen molar-refractivity contribution in [1.29, 1.82) is 0 Å². The van der Waals surface area contributed by atoms with E-state index in [1.165, 1.54) is 6.07 Å². The number of nitrogens with one attached hydrogen (secondary N) is 2. The maximum absolute atomic E-state index is 12.2. The Labute approximate surface area is 173 Å². The molecule has 1 aliphatic heterocycles. The van der Waals surface area contributed by atoms with Gasteiger partial charge in [-0.05, 0) is 52.8 Å². The number of nitrogens with zero attached hydrogens (tertiary/aromatic N) is 3. The lowest BCUT2D eigenvalue weighted by Gasteiger charge is -2.22. The number of hydrogen-bond acceptors (Lipinski definition) is 4. The summed E-state index contributed by atoms with van der Waals surface area (Å²) in [4.78, 5) is 34.4. The Bertz CT molecular complexity index is 831. The van der Waals surface area contributed by atoms with Crippen molar-refractivity contribution in [3.8, 4) is 0 Å². The van der Waals surface area contributed by atoms with Crippen LogP contribution in [0.15, 0.2) is 28.2 Å². The van der Waals surface area contributed by atoms with Gasteiger partial charge in [-0.25, -0.2) is 9.79 Å². The highest BCUT2D eigenvalue weighted by molar-refractivity contribution is 6.42. The summed E-state index contributed by atoms with van der Waals surface area (Å²) in [5.74, 6) is 0.0314. The van der Waals surface area contributed by atoms with Crippen LogP contribution in [0.25, 0.3) is 0 Å². The first kappa shape index (κ1) is 22.0. The molecule has 1 heterocycles. The molecule has 0 unspecified atom stereocenters. The van der Waals surface area contributed by atoms with Crippen LogP contribution in [-0.4, -0.2) is 47.0 Å². The Kier molecular flexibility index (Phi) is 6.90. The number of aliphatic imine (C=N–C) groups is 2. The van der Waals surface area contributed by atoms with E-state index in [2.05, 4.69) is 20.6 Å². The van der Waals surface area contributed by atoms with E-state index < -0.39 is 11.7 Å². The molecule has 8 nitrogen and oxygen atoms in total. The van der Waals surface area contributed by atoms with Crippen molar-refractivity contribution in [2.45, 2.75) is 46.3 Å². The van der Waals surface area contributed by atoms with E-state index in [1.807, 2.05) is 13.8 Å². The van der Waals surface area contributed by atoms with Crippen LogP contribution >= 0.6 is 23.2 Å². The molecule has 0 aromatic heterocycles. The van der Waals surface area contributed by atoms with Gasteiger partial charge >= 0.3 is 6.09 Å². The summed E-state index contributed by atoms with van der Waals surface area (Å²) in [5.41, 5.74) is -0.275. The zero-order valence-electron chi connectivity index (χ0n) is 16.3. The minimum absolute atomic E-state index is 0.0189. The first-order valence-electron chi connectivity index (χ1n) is 8.63. The van der Waals surface area contributed by atoms with Gasteiger partial charge in [-0.2, -0.15) is 4.99 Å². The minimum Gasteiger partial charge on any atom is -0.444 e. The Morgan fingerprint density at radius 2 is 1.96 bits per heavy atom. The van der Waals surface area contributed by atoms with Crippen molar-refractivity contribution in [2.75, 3.05) is 6.54 Å². The molecule has 1 aromatic rings. The van der Waals surface area contributed by atoms with Crippen molar-refractivity contribution in [3.05, 3.63) is 28.2 Å².